The summed E-state index contributed by atoms with van der Waals surface area (Å²) in [5.41, 5.74) is 2.31. The highest BCUT2D eigenvalue weighted by molar-refractivity contribution is 6.12. The van der Waals surface area contributed by atoms with Crippen molar-refractivity contribution < 1.29 is 9.18 Å². The Hall–Kier alpha value is -2.16. The van der Waals surface area contributed by atoms with E-state index in [1.165, 1.54) is 12.1 Å². The number of aromatic nitrogens is 1. The Morgan fingerprint density at radius 2 is 1.94 bits per heavy atom. The Morgan fingerprint density at radius 3 is 2.65 bits per heavy atom. The van der Waals surface area contributed by atoms with Gasteiger partial charge in [0.2, 0.25) is 5.78 Å². The summed E-state index contributed by atoms with van der Waals surface area (Å²) in [6.07, 6.45) is 3.70. The lowest BCUT2D eigenvalue weighted by molar-refractivity contribution is 0.103. The molecule has 0 saturated heterocycles. The summed E-state index contributed by atoms with van der Waals surface area (Å²) >= 11 is 0. The van der Waals surface area contributed by atoms with Crippen LogP contribution in [0.2, 0.25) is 0 Å². The van der Waals surface area contributed by atoms with Crippen molar-refractivity contribution in [3.8, 4) is 0 Å². The summed E-state index contributed by atoms with van der Waals surface area (Å²) in [6, 6.07) is 9.81. The molecule has 1 aromatic heterocycles. The average Bonchev–Trinajstić information content (AvgIpc) is 2.87. The van der Waals surface area contributed by atoms with Gasteiger partial charge in [0.05, 0.1) is 12.2 Å². The quantitative estimate of drug-likeness (QED) is 0.686. The first kappa shape index (κ1) is 10.0. The van der Waals surface area contributed by atoms with E-state index in [4.69, 9.17) is 0 Å². The van der Waals surface area contributed by atoms with Crippen molar-refractivity contribution in [3.63, 3.8) is 0 Å². The van der Waals surface area contributed by atoms with Gasteiger partial charge < -0.3 is 4.57 Å². The SMILES string of the molecule is O=C1/C(=C/c2ccc(F)cc2)Cn2cccc21. The Morgan fingerprint density at radius 1 is 1.18 bits per heavy atom. The summed E-state index contributed by atoms with van der Waals surface area (Å²) in [5.74, 6) is -0.213. The largest absolute Gasteiger partial charge is 0.340 e. The Bertz CT molecular complexity index is 607. The molecule has 1 aromatic carbocycles. The molecule has 3 heteroatoms. The normalized spacial score (nSPS) is 16.5. The van der Waals surface area contributed by atoms with Crippen LogP contribution in [0.5, 0.6) is 0 Å². The lowest BCUT2D eigenvalue weighted by Crippen LogP contribution is -1.94. The molecule has 0 N–H and O–H groups in total. The van der Waals surface area contributed by atoms with Crippen molar-refractivity contribution in [3.05, 3.63) is 65.2 Å². The lowest BCUT2D eigenvalue weighted by atomic mass is 10.1. The third-order valence-corrected chi connectivity index (χ3v) is 2.91. The minimum atomic E-state index is -0.267. The highest BCUT2D eigenvalue weighted by Gasteiger charge is 2.23. The van der Waals surface area contributed by atoms with Gasteiger partial charge in [0, 0.05) is 11.8 Å². The summed E-state index contributed by atoms with van der Waals surface area (Å²) in [5, 5.41) is 0. The molecule has 1 aliphatic heterocycles. The highest BCUT2D eigenvalue weighted by Crippen LogP contribution is 2.22. The molecule has 0 saturated carbocycles. The summed E-state index contributed by atoms with van der Waals surface area (Å²) in [7, 11) is 0. The lowest BCUT2D eigenvalue weighted by Gasteiger charge is -1.97. The van der Waals surface area contributed by atoms with Crippen molar-refractivity contribution in [1.82, 2.24) is 4.57 Å². The molecule has 17 heavy (non-hydrogen) atoms. The molecule has 0 aliphatic carbocycles. The number of halogens is 1. The van der Waals surface area contributed by atoms with Gasteiger partial charge in [-0.15, -0.1) is 0 Å². The number of ketones is 1. The van der Waals surface area contributed by atoms with Crippen LogP contribution in [0.15, 0.2) is 48.2 Å². The van der Waals surface area contributed by atoms with Crippen LogP contribution >= 0.6 is 0 Å². The van der Waals surface area contributed by atoms with E-state index in [9.17, 15) is 9.18 Å². The minimum absolute atomic E-state index is 0.0549. The summed E-state index contributed by atoms with van der Waals surface area (Å²) in [6.45, 7) is 0.596. The van der Waals surface area contributed by atoms with Crippen molar-refractivity contribution in [2.45, 2.75) is 6.54 Å². The molecule has 0 unspecified atom stereocenters. The number of hydrogen-bond acceptors (Lipinski definition) is 1. The Kier molecular flexibility index (Phi) is 2.18. The molecule has 2 aromatic rings. The van der Waals surface area contributed by atoms with Gasteiger partial charge in [-0.05, 0) is 35.9 Å². The molecule has 1 aliphatic rings. The fourth-order valence-electron chi connectivity index (χ4n) is 2.05. The van der Waals surface area contributed by atoms with E-state index < -0.39 is 0 Å². The number of carbonyl (C=O) groups is 1. The van der Waals surface area contributed by atoms with E-state index in [0.717, 1.165) is 16.8 Å². The first-order valence-corrected chi connectivity index (χ1v) is 5.40. The van der Waals surface area contributed by atoms with E-state index in [1.807, 2.05) is 29.0 Å². The van der Waals surface area contributed by atoms with E-state index in [2.05, 4.69) is 0 Å². The topological polar surface area (TPSA) is 22.0 Å². The fraction of sp³-hybridized carbons (Fsp3) is 0.0714. The Balaban J connectivity index is 1.95. The van der Waals surface area contributed by atoms with Crippen LogP contribution < -0.4 is 0 Å². The summed E-state index contributed by atoms with van der Waals surface area (Å²) < 4.78 is 14.7. The van der Waals surface area contributed by atoms with Gasteiger partial charge in [-0.1, -0.05) is 12.1 Å². The van der Waals surface area contributed by atoms with Crippen LogP contribution in [-0.4, -0.2) is 10.4 Å². The Labute approximate surface area is 98.0 Å². The number of carbonyl (C=O) groups excluding carboxylic acids is 1. The molecular formula is C14H10FNO. The maximum atomic E-state index is 12.8. The third-order valence-electron chi connectivity index (χ3n) is 2.91. The minimum Gasteiger partial charge on any atom is -0.340 e. The zero-order valence-corrected chi connectivity index (χ0v) is 9.06. The van der Waals surface area contributed by atoms with Crippen molar-refractivity contribution in [1.29, 1.82) is 0 Å². The van der Waals surface area contributed by atoms with Gasteiger partial charge in [0.15, 0.2) is 0 Å². The first-order chi connectivity index (χ1) is 8.24. The average molecular weight is 227 g/mol. The van der Waals surface area contributed by atoms with Crippen molar-refractivity contribution in [2.75, 3.05) is 0 Å². The van der Waals surface area contributed by atoms with Crippen LogP contribution in [0.1, 0.15) is 16.1 Å². The van der Waals surface area contributed by atoms with Crippen LogP contribution in [0.25, 0.3) is 6.08 Å². The van der Waals surface area contributed by atoms with Gasteiger partial charge >= 0.3 is 0 Å². The van der Waals surface area contributed by atoms with E-state index in [-0.39, 0.29) is 11.6 Å². The zero-order chi connectivity index (χ0) is 11.8. The van der Waals surface area contributed by atoms with Gasteiger partial charge in [0.25, 0.3) is 0 Å². The number of rotatable bonds is 1. The number of benzene rings is 1. The van der Waals surface area contributed by atoms with Crippen molar-refractivity contribution >= 4 is 11.9 Å². The maximum absolute atomic E-state index is 12.8. The summed E-state index contributed by atoms with van der Waals surface area (Å²) in [4.78, 5) is 12.0. The van der Waals surface area contributed by atoms with Crippen LogP contribution in [0.4, 0.5) is 4.39 Å². The van der Waals surface area contributed by atoms with Gasteiger partial charge in [0.1, 0.15) is 5.82 Å². The number of Topliss-reactive ketones (excluding diaryl/α,β-unsaturated/α-hetero) is 1. The molecule has 2 heterocycles. The molecule has 0 atom stereocenters. The van der Waals surface area contributed by atoms with Crippen LogP contribution in [0, 0.1) is 5.82 Å². The van der Waals surface area contributed by atoms with Gasteiger partial charge in [-0.25, -0.2) is 4.39 Å². The van der Waals surface area contributed by atoms with Crippen LogP contribution in [0.3, 0.4) is 0 Å². The number of allylic oxidation sites excluding steroid dienone is 1. The number of hydrogen-bond donors (Lipinski definition) is 0. The van der Waals surface area contributed by atoms with Crippen molar-refractivity contribution in [2.24, 2.45) is 0 Å². The number of fused-ring (bicyclic) bond motifs is 1. The first-order valence-electron chi connectivity index (χ1n) is 5.40. The molecule has 3 rings (SSSR count). The van der Waals surface area contributed by atoms with E-state index in [1.54, 1.807) is 12.1 Å². The van der Waals surface area contributed by atoms with Gasteiger partial charge in [-0.3, -0.25) is 4.79 Å². The second-order valence-electron chi connectivity index (χ2n) is 4.07. The van der Waals surface area contributed by atoms with E-state index in [0.29, 0.717) is 6.54 Å². The second-order valence-corrected chi connectivity index (χ2v) is 4.07. The number of nitrogens with zero attached hydrogens (tertiary/aromatic N) is 1. The fourth-order valence-corrected chi connectivity index (χ4v) is 2.05. The highest BCUT2D eigenvalue weighted by atomic mass is 19.1. The molecule has 2 nitrogen and oxygen atoms in total. The second kappa shape index (κ2) is 3.70. The molecule has 0 amide bonds. The van der Waals surface area contributed by atoms with E-state index >= 15 is 0 Å². The molecule has 0 radical (unpaired) electrons. The maximum Gasteiger partial charge on any atom is 0.207 e. The standard InChI is InChI=1S/C14H10FNO/c15-12-5-3-10(4-6-12)8-11-9-16-7-1-2-13(16)14(11)17/h1-8H,9H2/b11-8+. The predicted molar refractivity (Wildman–Crippen MR) is 63.1 cm³/mol. The molecule has 0 fully saturated rings. The van der Waals surface area contributed by atoms with Gasteiger partial charge in [-0.2, -0.15) is 0 Å². The monoisotopic (exact) mass is 227 g/mol. The molecular weight excluding hydrogens is 217 g/mol. The zero-order valence-electron chi connectivity index (χ0n) is 9.06. The molecule has 0 bridgehead atoms. The predicted octanol–water partition coefficient (Wildman–Crippen LogP) is 2.91. The smallest absolute Gasteiger partial charge is 0.207 e. The third kappa shape index (κ3) is 1.69. The molecule has 84 valence electrons. The van der Waals surface area contributed by atoms with Crippen LogP contribution in [-0.2, 0) is 6.54 Å². The molecule has 0 spiro atoms.